The van der Waals surface area contributed by atoms with Crippen LogP contribution in [-0.2, 0) is 11.3 Å². The van der Waals surface area contributed by atoms with Crippen molar-refractivity contribution < 1.29 is 14.3 Å². The minimum atomic E-state index is -1.03. The van der Waals surface area contributed by atoms with Gasteiger partial charge in [0.15, 0.2) is 0 Å². The van der Waals surface area contributed by atoms with Gasteiger partial charge in [-0.05, 0) is 43.5 Å². The summed E-state index contributed by atoms with van der Waals surface area (Å²) >= 11 is 0. The molecule has 1 aromatic carbocycles. The molecule has 1 saturated carbocycles. The fraction of sp³-hybridized carbons (Fsp3) is 0.400. The Balaban J connectivity index is 1.99. The largest absolute Gasteiger partial charge is 0.478 e. The molecule has 1 aliphatic rings. The minimum absolute atomic E-state index is 0.282. The number of aliphatic carboxylic acids is 1. The summed E-state index contributed by atoms with van der Waals surface area (Å²) in [5.74, 6) is -0.533. The van der Waals surface area contributed by atoms with Gasteiger partial charge < -0.3 is 10.0 Å². The van der Waals surface area contributed by atoms with Crippen molar-refractivity contribution >= 4 is 12.0 Å². The molecule has 3 nitrogen and oxygen atoms in total. The molecule has 0 saturated heterocycles. The molecular weight excluding hydrogens is 245 g/mol. The van der Waals surface area contributed by atoms with Crippen molar-refractivity contribution in [2.75, 3.05) is 13.6 Å². The lowest BCUT2D eigenvalue weighted by atomic mass is 10.1. The summed E-state index contributed by atoms with van der Waals surface area (Å²) in [7, 11) is 2.00. The third-order valence-corrected chi connectivity index (χ3v) is 3.20. The fourth-order valence-corrected chi connectivity index (χ4v) is 2.06. The molecule has 0 spiro atoms. The molecule has 0 amide bonds. The highest BCUT2D eigenvalue weighted by Gasteiger charge is 2.22. The molecule has 1 aromatic rings. The lowest BCUT2D eigenvalue weighted by molar-refractivity contribution is -0.131. The average Bonchev–Trinajstić information content (AvgIpc) is 3.13. The Morgan fingerprint density at radius 2 is 2.26 bits per heavy atom. The maximum Gasteiger partial charge on any atom is 0.328 e. The summed E-state index contributed by atoms with van der Waals surface area (Å²) in [6.07, 6.45) is 4.97. The topological polar surface area (TPSA) is 40.5 Å². The number of nitrogens with zero attached hydrogens (tertiary/aromatic N) is 1. The first-order chi connectivity index (χ1) is 9.04. The lowest BCUT2D eigenvalue weighted by Gasteiger charge is -2.16. The van der Waals surface area contributed by atoms with Crippen LogP contribution in [0.1, 0.15) is 24.0 Å². The van der Waals surface area contributed by atoms with E-state index < -0.39 is 5.97 Å². The number of benzene rings is 1. The number of rotatable bonds is 6. The molecule has 0 atom stereocenters. The highest BCUT2D eigenvalue weighted by atomic mass is 19.1. The molecule has 0 aromatic heterocycles. The monoisotopic (exact) mass is 263 g/mol. The van der Waals surface area contributed by atoms with Crippen molar-refractivity contribution in [2.45, 2.75) is 19.4 Å². The van der Waals surface area contributed by atoms with Crippen molar-refractivity contribution in [1.82, 2.24) is 4.90 Å². The Labute approximate surface area is 112 Å². The quantitative estimate of drug-likeness (QED) is 0.802. The summed E-state index contributed by atoms with van der Waals surface area (Å²) in [5.41, 5.74) is 1.21. The maximum absolute atomic E-state index is 13.9. The molecule has 0 heterocycles. The van der Waals surface area contributed by atoms with Crippen LogP contribution in [0.15, 0.2) is 24.3 Å². The molecule has 1 N–H and O–H groups in total. The Hall–Kier alpha value is -1.68. The first-order valence-corrected chi connectivity index (χ1v) is 6.42. The first-order valence-electron chi connectivity index (χ1n) is 6.42. The number of hydrogen-bond acceptors (Lipinski definition) is 2. The normalized spacial score (nSPS) is 15.3. The number of carboxylic acids is 1. The summed E-state index contributed by atoms with van der Waals surface area (Å²) < 4.78 is 13.9. The van der Waals surface area contributed by atoms with Crippen molar-refractivity contribution in [1.29, 1.82) is 0 Å². The molecule has 1 fully saturated rings. The standard InChI is InChI=1S/C15H18FNO2/c1-17(9-12-2-3-12)10-13-6-4-11(8-14(13)16)5-7-15(18)19/h4-8,12H,2-3,9-10H2,1H3,(H,18,19). The molecule has 0 bridgehead atoms. The van der Waals surface area contributed by atoms with E-state index in [9.17, 15) is 9.18 Å². The number of carbonyl (C=O) groups is 1. The molecule has 0 aliphatic heterocycles. The van der Waals surface area contributed by atoms with Gasteiger partial charge in [0.05, 0.1) is 0 Å². The van der Waals surface area contributed by atoms with Crippen LogP contribution < -0.4 is 0 Å². The van der Waals surface area contributed by atoms with E-state index in [-0.39, 0.29) is 5.82 Å². The van der Waals surface area contributed by atoms with Crippen LogP contribution in [0.3, 0.4) is 0 Å². The van der Waals surface area contributed by atoms with Gasteiger partial charge in [-0.25, -0.2) is 9.18 Å². The Morgan fingerprint density at radius 3 is 2.84 bits per heavy atom. The number of halogens is 1. The van der Waals surface area contributed by atoms with E-state index in [0.29, 0.717) is 17.7 Å². The Morgan fingerprint density at radius 1 is 1.53 bits per heavy atom. The molecule has 19 heavy (non-hydrogen) atoms. The van der Waals surface area contributed by atoms with Crippen molar-refractivity contribution in [3.05, 3.63) is 41.2 Å². The Bertz CT molecular complexity index is 495. The molecule has 0 radical (unpaired) electrons. The van der Waals surface area contributed by atoms with E-state index in [1.807, 2.05) is 7.05 Å². The molecule has 1 aliphatic carbocycles. The predicted octanol–water partition coefficient (Wildman–Crippen LogP) is 2.77. The van der Waals surface area contributed by atoms with Crippen molar-refractivity contribution in [3.63, 3.8) is 0 Å². The van der Waals surface area contributed by atoms with Gasteiger partial charge in [-0.3, -0.25) is 0 Å². The second-order valence-corrected chi connectivity index (χ2v) is 5.16. The molecule has 0 unspecified atom stereocenters. The molecule has 2 rings (SSSR count). The number of carboxylic acid groups (broad SMARTS) is 1. The SMILES string of the molecule is CN(Cc1ccc(C=CC(=O)O)cc1F)CC1CC1. The van der Waals surface area contributed by atoms with Crippen LogP contribution in [0.5, 0.6) is 0 Å². The second kappa shape index (κ2) is 5.97. The lowest BCUT2D eigenvalue weighted by Crippen LogP contribution is -2.21. The van der Waals surface area contributed by atoms with Gasteiger partial charge in [-0.2, -0.15) is 0 Å². The van der Waals surface area contributed by atoms with Gasteiger partial charge in [0, 0.05) is 24.7 Å². The average molecular weight is 263 g/mol. The van der Waals surface area contributed by atoms with Crippen LogP contribution in [0.25, 0.3) is 6.08 Å². The van der Waals surface area contributed by atoms with Crippen LogP contribution in [0.2, 0.25) is 0 Å². The van der Waals surface area contributed by atoms with Gasteiger partial charge in [-0.15, -0.1) is 0 Å². The smallest absolute Gasteiger partial charge is 0.328 e. The second-order valence-electron chi connectivity index (χ2n) is 5.16. The summed E-state index contributed by atoms with van der Waals surface area (Å²) in [6, 6.07) is 4.84. The van der Waals surface area contributed by atoms with Crippen molar-refractivity contribution in [2.24, 2.45) is 5.92 Å². The maximum atomic E-state index is 13.9. The Kier molecular flexibility index (Phi) is 4.32. The fourth-order valence-electron chi connectivity index (χ4n) is 2.06. The minimum Gasteiger partial charge on any atom is -0.478 e. The van der Waals surface area contributed by atoms with E-state index in [2.05, 4.69) is 4.90 Å². The van der Waals surface area contributed by atoms with E-state index in [4.69, 9.17) is 5.11 Å². The molecular formula is C15H18FNO2. The molecule has 4 heteroatoms. The van der Waals surface area contributed by atoms with E-state index >= 15 is 0 Å². The van der Waals surface area contributed by atoms with E-state index in [1.165, 1.54) is 25.0 Å². The van der Waals surface area contributed by atoms with Gasteiger partial charge >= 0.3 is 5.97 Å². The highest BCUT2D eigenvalue weighted by Crippen LogP contribution is 2.29. The van der Waals surface area contributed by atoms with Crippen LogP contribution in [0, 0.1) is 11.7 Å². The summed E-state index contributed by atoms with van der Waals surface area (Å²) in [5, 5.41) is 8.52. The third kappa shape index (κ3) is 4.48. The zero-order valence-corrected chi connectivity index (χ0v) is 11.0. The molecule has 102 valence electrons. The van der Waals surface area contributed by atoms with Crippen LogP contribution in [-0.4, -0.2) is 29.6 Å². The first kappa shape index (κ1) is 13.7. The number of hydrogen-bond donors (Lipinski definition) is 1. The van der Waals surface area contributed by atoms with E-state index in [1.54, 1.807) is 12.1 Å². The van der Waals surface area contributed by atoms with E-state index in [0.717, 1.165) is 18.5 Å². The summed E-state index contributed by atoms with van der Waals surface area (Å²) in [6.45, 7) is 1.60. The van der Waals surface area contributed by atoms with Crippen LogP contribution >= 0.6 is 0 Å². The van der Waals surface area contributed by atoms with Gasteiger partial charge in [0.25, 0.3) is 0 Å². The zero-order chi connectivity index (χ0) is 13.8. The highest BCUT2D eigenvalue weighted by molar-refractivity contribution is 5.85. The van der Waals surface area contributed by atoms with Gasteiger partial charge in [0.2, 0.25) is 0 Å². The summed E-state index contributed by atoms with van der Waals surface area (Å²) in [4.78, 5) is 12.5. The van der Waals surface area contributed by atoms with Gasteiger partial charge in [0.1, 0.15) is 5.82 Å². The predicted molar refractivity (Wildman–Crippen MR) is 72.1 cm³/mol. The zero-order valence-electron chi connectivity index (χ0n) is 11.0. The third-order valence-electron chi connectivity index (χ3n) is 3.20. The van der Waals surface area contributed by atoms with Crippen LogP contribution in [0.4, 0.5) is 4.39 Å². The van der Waals surface area contributed by atoms with Crippen molar-refractivity contribution in [3.8, 4) is 0 Å². The van der Waals surface area contributed by atoms with Gasteiger partial charge in [-0.1, -0.05) is 12.1 Å².